The fourth-order valence-electron chi connectivity index (χ4n) is 3.58. The molecule has 0 aliphatic carbocycles. The molecule has 1 N–H and O–H groups in total. The van der Waals surface area contributed by atoms with Crippen molar-refractivity contribution in [3.8, 4) is 11.8 Å². The summed E-state index contributed by atoms with van der Waals surface area (Å²) in [4.78, 5) is 18.9. The molecule has 170 valence electrons. The van der Waals surface area contributed by atoms with Gasteiger partial charge in [0, 0.05) is 19.5 Å². The number of carbonyl (C=O) groups excluding carboxylic acids is 1. The predicted octanol–water partition coefficient (Wildman–Crippen LogP) is 5.18. The standard InChI is InChI=1S/C23H25F3N4O2/c1-22(2,3)12-20(31)29-21-16(13-27)11-19-18(28-21)5-4-10-30(19)14-15-6-8-17(9-7-15)32-23(24,25)26/h6-9,11H,4-5,10,12,14H2,1-3H3,(H,28,29,31). The van der Waals surface area contributed by atoms with Crippen LogP contribution in [-0.2, 0) is 17.8 Å². The van der Waals surface area contributed by atoms with Crippen molar-refractivity contribution in [1.29, 1.82) is 5.26 Å². The number of hydrogen-bond acceptors (Lipinski definition) is 5. The minimum Gasteiger partial charge on any atom is -0.406 e. The number of amides is 1. The highest BCUT2D eigenvalue weighted by Crippen LogP contribution is 2.32. The number of pyridine rings is 1. The van der Waals surface area contributed by atoms with E-state index in [-0.39, 0.29) is 28.5 Å². The first-order chi connectivity index (χ1) is 14.9. The van der Waals surface area contributed by atoms with Crippen LogP contribution in [0.15, 0.2) is 30.3 Å². The molecule has 0 spiro atoms. The smallest absolute Gasteiger partial charge is 0.406 e. The van der Waals surface area contributed by atoms with E-state index in [1.165, 1.54) is 12.1 Å². The number of anilines is 2. The number of nitrogens with one attached hydrogen (secondary N) is 1. The third-order valence-electron chi connectivity index (χ3n) is 4.86. The molecule has 0 radical (unpaired) electrons. The van der Waals surface area contributed by atoms with Crippen LogP contribution in [-0.4, -0.2) is 23.8 Å². The van der Waals surface area contributed by atoms with E-state index in [1.54, 1.807) is 18.2 Å². The Morgan fingerprint density at radius 1 is 1.25 bits per heavy atom. The number of aromatic nitrogens is 1. The van der Waals surface area contributed by atoms with Crippen LogP contribution < -0.4 is 15.0 Å². The molecule has 0 unspecified atom stereocenters. The number of carbonyl (C=O) groups is 1. The Bertz CT molecular complexity index is 1020. The van der Waals surface area contributed by atoms with E-state index in [2.05, 4.69) is 21.1 Å². The van der Waals surface area contributed by atoms with Crippen LogP contribution in [0.3, 0.4) is 0 Å². The van der Waals surface area contributed by atoms with Crippen LogP contribution in [0.2, 0.25) is 0 Å². The Labute approximate surface area is 185 Å². The minimum atomic E-state index is -4.73. The zero-order chi connectivity index (χ0) is 23.5. The van der Waals surface area contributed by atoms with Gasteiger partial charge in [-0.05, 0) is 42.0 Å². The van der Waals surface area contributed by atoms with Gasteiger partial charge in [-0.25, -0.2) is 4.98 Å². The van der Waals surface area contributed by atoms with Crippen molar-refractivity contribution < 1.29 is 22.7 Å². The Kier molecular flexibility index (Phi) is 6.63. The van der Waals surface area contributed by atoms with Crippen molar-refractivity contribution in [2.45, 2.75) is 52.9 Å². The van der Waals surface area contributed by atoms with Gasteiger partial charge < -0.3 is 15.0 Å². The topological polar surface area (TPSA) is 78.2 Å². The van der Waals surface area contributed by atoms with Gasteiger partial charge >= 0.3 is 6.36 Å². The summed E-state index contributed by atoms with van der Waals surface area (Å²) in [5, 5.41) is 12.4. The molecule has 1 aromatic carbocycles. The second-order valence-corrected chi connectivity index (χ2v) is 8.96. The van der Waals surface area contributed by atoms with E-state index in [4.69, 9.17) is 0 Å². The number of benzene rings is 1. The fourth-order valence-corrected chi connectivity index (χ4v) is 3.58. The summed E-state index contributed by atoms with van der Waals surface area (Å²) >= 11 is 0. The van der Waals surface area contributed by atoms with Crippen LogP contribution >= 0.6 is 0 Å². The molecule has 9 heteroatoms. The molecule has 1 amide bonds. The van der Waals surface area contributed by atoms with Crippen molar-refractivity contribution in [3.63, 3.8) is 0 Å². The molecule has 2 heterocycles. The molecule has 3 rings (SSSR count). The maximum Gasteiger partial charge on any atom is 0.573 e. The quantitative estimate of drug-likeness (QED) is 0.685. The minimum absolute atomic E-state index is 0.192. The van der Waals surface area contributed by atoms with Crippen LogP contribution in [0, 0.1) is 16.7 Å². The summed E-state index contributed by atoms with van der Waals surface area (Å²) in [6, 6.07) is 9.53. The van der Waals surface area contributed by atoms with Crippen LogP contribution in [0.4, 0.5) is 24.7 Å². The Balaban J connectivity index is 1.79. The van der Waals surface area contributed by atoms with Crippen molar-refractivity contribution in [3.05, 3.63) is 47.2 Å². The molecular formula is C23H25F3N4O2. The molecule has 2 aromatic rings. The summed E-state index contributed by atoms with van der Waals surface area (Å²) in [5.41, 5.74) is 2.44. The zero-order valence-corrected chi connectivity index (χ0v) is 18.2. The predicted molar refractivity (Wildman–Crippen MR) is 114 cm³/mol. The number of halogens is 3. The summed E-state index contributed by atoms with van der Waals surface area (Å²) < 4.78 is 41.0. The van der Waals surface area contributed by atoms with Crippen molar-refractivity contribution in [2.24, 2.45) is 5.41 Å². The van der Waals surface area contributed by atoms with E-state index >= 15 is 0 Å². The van der Waals surface area contributed by atoms with Crippen LogP contribution in [0.25, 0.3) is 0 Å². The number of rotatable bonds is 5. The van der Waals surface area contributed by atoms with E-state index in [0.29, 0.717) is 19.4 Å². The molecule has 1 aromatic heterocycles. The molecule has 0 saturated heterocycles. The maximum atomic E-state index is 12.4. The van der Waals surface area contributed by atoms with Gasteiger partial charge in [0.15, 0.2) is 5.82 Å². The average Bonchev–Trinajstić information content (AvgIpc) is 2.66. The van der Waals surface area contributed by atoms with Crippen molar-refractivity contribution >= 4 is 17.4 Å². The summed E-state index contributed by atoms with van der Waals surface area (Å²) in [6.45, 7) is 7.03. The molecule has 1 aliphatic rings. The van der Waals surface area contributed by atoms with Crippen LogP contribution in [0.1, 0.15) is 50.4 Å². The lowest BCUT2D eigenvalue weighted by Gasteiger charge is -2.31. The largest absolute Gasteiger partial charge is 0.573 e. The molecule has 32 heavy (non-hydrogen) atoms. The molecule has 1 aliphatic heterocycles. The number of hydrogen-bond donors (Lipinski definition) is 1. The first-order valence-electron chi connectivity index (χ1n) is 10.3. The highest BCUT2D eigenvalue weighted by Gasteiger charge is 2.31. The molecule has 0 saturated carbocycles. The number of nitrogens with zero attached hydrogens (tertiary/aromatic N) is 3. The van der Waals surface area contributed by atoms with Gasteiger partial charge in [-0.2, -0.15) is 5.26 Å². The third kappa shape index (κ3) is 6.36. The zero-order valence-electron chi connectivity index (χ0n) is 18.2. The number of fused-ring (bicyclic) bond motifs is 1. The van der Waals surface area contributed by atoms with Crippen LogP contribution in [0.5, 0.6) is 5.75 Å². The Morgan fingerprint density at radius 2 is 1.94 bits per heavy atom. The number of alkyl halides is 3. The van der Waals surface area contributed by atoms with Gasteiger partial charge in [0.25, 0.3) is 0 Å². The monoisotopic (exact) mass is 446 g/mol. The van der Waals surface area contributed by atoms with Crippen molar-refractivity contribution in [2.75, 3.05) is 16.8 Å². The Morgan fingerprint density at radius 3 is 2.53 bits per heavy atom. The second-order valence-electron chi connectivity index (χ2n) is 8.96. The van der Waals surface area contributed by atoms with Crippen molar-refractivity contribution in [1.82, 2.24) is 4.98 Å². The average molecular weight is 446 g/mol. The third-order valence-corrected chi connectivity index (χ3v) is 4.86. The summed E-state index contributed by atoms with van der Waals surface area (Å²) in [6.07, 6.45) is -2.89. The number of aryl methyl sites for hydroxylation is 1. The molecule has 0 atom stereocenters. The second kappa shape index (κ2) is 9.07. The lowest BCUT2D eigenvalue weighted by Crippen LogP contribution is -2.30. The maximum absolute atomic E-state index is 12.4. The first kappa shape index (κ1) is 23.4. The van der Waals surface area contributed by atoms with Gasteiger partial charge in [0.05, 0.1) is 16.9 Å². The van der Waals surface area contributed by atoms with Gasteiger partial charge in [-0.1, -0.05) is 32.9 Å². The molecule has 0 fully saturated rings. The molecular weight excluding hydrogens is 421 g/mol. The summed E-state index contributed by atoms with van der Waals surface area (Å²) in [5.74, 6) is -0.212. The lowest BCUT2D eigenvalue weighted by atomic mass is 9.92. The van der Waals surface area contributed by atoms with E-state index in [0.717, 1.165) is 29.9 Å². The van der Waals surface area contributed by atoms with E-state index in [1.807, 2.05) is 25.7 Å². The van der Waals surface area contributed by atoms with Gasteiger partial charge in [-0.3, -0.25) is 4.79 Å². The normalized spacial score (nSPS) is 13.8. The molecule has 0 bridgehead atoms. The number of ether oxygens (including phenoxy) is 1. The van der Waals surface area contributed by atoms with Gasteiger partial charge in [0.1, 0.15) is 11.8 Å². The highest BCUT2D eigenvalue weighted by atomic mass is 19.4. The lowest BCUT2D eigenvalue weighted by molar-refractivity contribution is -0.274. The van der Waals surface area contributed by atoms with E-state index < -0.39 is 6.36 Å². The summed E-state index contributed by atoms with van der Waals surface area (Å²) in [7, 11) is 0. The first-order valence-corrected chi connectivity index (χ1v) is 10.3. The molecule has 6 nitrogen and oxygen atoms in total. The van der Waals surface area contributed by atoms with Gasteiger partial charge in [0.2, 0.25) is 5.91 Å². The number of nitriles is 1. The SMILES string of the molecule is CC(C)(C)CC(=O)Nc1nc2c(cc1C#N)N(Cc1ccc(OC(F)(F)F)cc1)CCC2. The fraction of sp³-hybridized carbons (Fsp3) is 0.435. The van der Waals surface area contributed by atoms with E-state index in [9.17, 15) is 23.2 Å². The Hall–Kier alpha value is -3.28. The highest BCUT2D eigenvalue weighted by molar-refractivity contribution is 5.91. The van der Waals surface area contributed by atoms with Gasteiger partial charge in [-0.15, -0.1) is 13.2 Å².